The first-order chi connectivity index (χ1) is 9.66. The first-order valence-electron chi connectivity index (χ1n) is 6.09. The molecule has 2 rings (SSSR count). The van der Waals surface area contributed by atoms with Gasteiger partial charge in [0.1, 0.15) is 30.8 Å². The average molecular weight is 313 g/mol. The van der Waals surface area contributed by atoms with Crippen molar-refractivity contribution >= 4 is 23.2 Å². The van der Waals surface area contributed by atoms with Gasteiger partial charge in [0.25, 0.3) is 0 Å². The van der Waals surface area contributed by atoms with Gasteiger partial charge in [0.15, 0.2) is 0 Å². The van der Waals surface area contributed by atoms with Gasteiger partial charge in [-0.1, -0.05) is 47.5 Å². The highest BCUT2D eigenvalue weighted by Gasteiger charge is 2.09. The summed E-state index contributed by atoms with van der Waals surface area (Å²) in [5, 5.41) is 10.8. The van der Waals surface area contributed by atoms with Crippen LogP contribution in [0.2, 0.25) is 10.0 Å². The number of halogens is 2. The molecule has 0 unspecified atom stereocenters. The molecule has 0 aromatic heterocycles. The van der Waals surface area contributed by atoms with Crippen molar-refractivity contribution in [3.8, 4) is 11.5 Å². The Morgan fingerprint density at radius 1 is 0.800 bits per heavy atom. The fourth-order valence-corrected chi connectivity index (χ4v) is 1.92. The van der Waals surface area contributed by atoms with Crippen molar-refractivity contribution in [2.75, 3.05) is 13.2 Å². The number of rotatable bonds is 6. The van der Waals surface area contributed by atoms with Crippen molar-refractivity contribution in [3.63, 3.8) is 0 Å². The normalized spacial score (nSPS) is 10.6. The van der Waals surface area contributed by atoms with Gasteiger partial charge in [0, 0.05) is 0 Å². The fraction of sp³-hybridized carbons (Fsp3) is 0.200. The zero-order valence-electron chi connectivity index (χ0n) is 10.6. The molecule has 0 aliphatic carbocycles. The van der Waals surface area contributed by atoms with Crippen LogP contribution in [0, 0.1) is 0 Å². The van der Waals surface area contributed by atoms with Crippen LogP contribution in [0.4, 0.5) is 0 Å². The molecule has 0 aliphatic rings. The fourth-order valence-electron chi connectivity index (χ4n) is 1.54. The maximum atomic E-state index is 9.82. The Kier molecular flexibility index (Phi) is 5.53. The summed E-state index contributed by atoms with van der Waals surface area (Å²) in [5.41, 5.74) is 0. The second kappa shape index (κ2) is 7.39. The quantitative estimate of drug-likeness (QED) is 0.881. The smallest absolute Gasteiger partial charge is 0.138 e. The van der Waals surface area contributed by atoms with Gasteiger partial charge in [0.2, 0.25) is 0 Å². The van der Waals surface area contributed by atoms with Crippen LogP contribution >= 0.6 is 23.2 Å². The number of hydrogen-bond acceptors (Lipinski definition) is 3. The molecule has 0 spiro atoms. The van der Waals surface area contributed by atoms with E-state index in [9.17, 15) is 5.11 Å². The van der Waals surface area contributed by atoms with E-state index in [1.54, 1.807) is 24.3 Å². The summed E-state index contributed by atoms with van der Waals surface area (Å²) in [5.74, 6) is 1.07. The molecule has 0 heterocycles. The molecule has 20 heavy (non-hydrogen) atoms. The SMILES string of the molecule is OC(COc1ccccc1Cl)COc1ccccc1Cl. The van der Waals surface area contributed by atoms with Crippen LogP contribution in [-0.4, -0.2) is 24.4 Å². The van der Waals surface area contributed by atoms with Gasteiger partial charge in [-0.3, -0.25) is 0 Å². The van der Waals surface area contributed by atoms with Gasteiger partial charge in [-0.2, -0.15) is 0 Å². The number of hydrogen-bond donors (Lipinski definition) is 1. The molecule has 1 N–H and O–H groups in total. The van der Waals surface area contributed by atoms with Crippen molar-refractivity contribution in [2.24, 2.45) is 0 Å². The van der Waals surface area contributed by atoms with E-state index < -0.39 is 6.10 Å². The highest BCUT2D eigenvalue weighted by Crippen LogP contribution is 2.24. The highest BCUT2D eigenvalue weighted by atomic mass is 35.5. The molecule has 3 nitrogen and oxygen atoms in total. The lowest BCUT2D eigenvalue weighted by molar-refractivity contribution is 0.0627. The number of ether oxygens (including phenoxy) is 2. The molecule has 5 heteroatoms. The van der Waals surface area contributed by atoms with Crippen molar-refractivity contribution < 1.29 is 14.6 Å². The minimum atomic E-state index is -0.775. The van der Waals surface area contributed by atoms with Crippen LogP contribution in [0.25, 0.3) is 0 Å². The van der Waals surface area contributed by atoms with Crippen LogP contribution in [0.5, 0.6) is 11.5 Å². The summed E-state index contributed by atoms with van der Waals surface area (Å²) in [6, 6.07) is 14.2. The maximum absolute atomic E-state index is 9.82. The Morgan fingerprint density at radius 3 is 1.60 bits per heavy atom. The van der Waals surface area contributed by atoms with E-state index >= 15 is 0 Å². The third-order valence-electron chi connectivity index (χ3n) is 2.54. The molecule has 0 saturated carbocycles. The Labute approximate surface area is 127 Å². The van der Waals surface area contributed by atoms with Gasteiger partial charge < -0.3 is 14.6 Å². The van der Waals surface area contributed by atoms with Crippen LogP contribution < -0.4 is 9.47 Å². The van der Waals surface area contributed by atoms with Crippen molar-refractivity contribution in [2.45, 2.75) is 6.10 Å². The Balaban J connectivity index is 1.80. The standard InChI is InChI=1S/C15H14Cl2O3/c16-12-5-1-3-7-14(12)19-9-11(18)10-20-15-8-4-2-6-13(15)17/h1-8,11,18H,9-10H2. The van der Waals surface area contributed by atoms with E-state index in [4.69, 9.17) is 32.7 Å². The van der Waals surface area contributed by atoms with Crippen LogP contribution in [0.15, 0.2) is 48.5 Å². The Hall–Kier alpha value is -1.42. The molecule has 0 radical (unpaired) electrons. The number of para-hydroxylation sites is 2. The summed E-state index contributed by atoms with van der Waals surface area (Å²) in [4.78, 5) is 0. The molecule has 0 amide bonds. The topological polar surface area (TPSA) is 38.7 Å². The average Bonchev–Trinajstić information content (AvgIpc) is 2.45. The van der Waals surface area contributed by atoms with E-state index in [0.29, 0.717) is 21.5 Å². The first-order valence-corrected chi connectivity index (χ1v) is 6.85. The van der Waals surface area contributed by atoms with E-state index in [1.807, 2.05) is 24.3 Å². The summed E-state index contributed by atoms with van der Waals surface area (Å²) >= 11 is 11.9. The van der Waals surface area contributed by atoms with E-state index in [-0.39, 0.29) is 13.2 Å². The van der Waals surface area contributed by atoms with E-state index in [2.05, 4.69) is 0 Å². The zero-order valence-corrected chi connectivity index (χ0v) is 12.1. The van der Waals surface area contributed by atoms with Crippen LogP contribution in [-0.2, 0) is 0 Å². The summed E-state index contributed by atoms with van der Waals surface area (Å²) < 4.78 is 10.8. The minimum absolute atomic E-state index is 0.0915. The number of aliphatic hydroxyl groups excluding tert-OH is 1. The summed E-state index contributed by atoms with van der Waals surface area (Å²) in [7, 11) is 0. The predicted octanol–water partition coefficient (Wildman–Crippen LogP) is 3.81. The highest BCUT2D eigenvalue weighted by molar-refractivity contribution is 6.32. The zero-order chi connectivity index (χ0) is 14.4. The lowest BCUT2D eigenvalue weighted by Gasteiger charge is -2.14. The Bertz CT molecular complexity index is 511. The predicted molar refractivity (Wildman–Crippen MR) is 79.9 cm³/mol. The molecule has 0 aliphatic heterocycles. The maximum Gasteiger partial charge on any atom is 0.138 e. The molecular weight excluding hydrogens is 299 g/mol. The molecule has 106 valence electrons. The van der Waals surface area contributed by atoms with Crippen molar-refractivity contribution in [1.82, 2.24) is 0 Å². The van der Waals surface area contributed by atoms with Gasteiger partial charge in [-0.25, -0.2) is 0 Å². The van der Waals surface area contributed by atoms with Crippen LogP contribution in [0.1, 0.15) is 0 Å². The van der Waals surface area contributed by atoms with Gasteiger partial charge in [-0.15, -0.1) is 0 Å². The summed E-state index contributed by atoms with van der Waals surface area (Å²) in [6.45, 7) is 0.183. The largest absolute Gasteiger partial charge is 0.489 e. The molecule has 2 aromatic rings. The molecule has 0 saturated heterocycles. The molecule has 2 aromatic carbocycles. The van der Waals surface area contributed by atoms with Gasteiger partial charge in [0.05, 0.1) is 10.0 Å². The first kappa shape index (κ1) is 15.0. The van der Waals surface area contributed by atoms with Crippen LogP contribution in [0.3, 0.4) is 0 Å². The third-order valence-corrected chi connectivity index (χ3v) is 3.16. The summed E-state index contributed by atoms with van der Waals surface area (Å²) in [6.07, 6.45) is -0.775. The number of benzene rings is 2. The van der Waals surface area contributed by atoms with Gasteiger partial charge in [-0.05, 0) is 24.3 Å². The lowest BCUT2D eigenvalue weighted by Crippen LogP contribution is -2.25. The minimum Gasteiger partial charge on any atom is -0.489 e. The second-order valence-corrected chi connectivity index (χ2v) is 4.95. The molecule has 0 fully saturated rings. The van der Waals surface area contributed by atoms with Gasteiger partial charge >= 0.3 is 0 Å². The Morgan fingerprint density at radius 2 is 1.20 bits per heavy atom. The monoisotopic (exact) mass is 312 g/mol. The third kappa shape index (κ3) is 4.30. The molecule has 0 bridgehead atoms. The van der Waals surface area contributed by atoms with E-state index in [0.717, 1.165) is 0 Å². The molecule has 0 atom stereocenters. The van der Waals surface area contributed by atoms with E-state index in [1.165, 1.54) is 0 Å². The molecular formula is C15H14Cl2O3. The van der Waals surface area contributed by atoms with Crippen molar-refractivity contribution in [1.29, 1.82) is 0 Å². The van der Waals surface area contributed by atoms with Crippen molar-refractivity contribution in [3.05, 3.63) is 58.6 Å². The second-order valence-electron chi connectivity index (χ2n) is 4.14. The number of aliphatic hydroxyl groups is 1. The lowest BCUT2D eigenvalue weighted by atomic mass is 10.3.